The van der Waals surface area contributed by atoms with Gasteiger partial charge in [0.2, 0.25) is 0 Å². The average molecular weight is 358 g/mol. The molecule has 0 atom stereocenters. The number of fused-ring (bicyclic) bond motifs is 3. The van der Waals surface area contributed by atoms with Gasteiger partial charge in [-0.1, -0.05) is 56.3 Å². The van der Waals surface area contributed by atoms with Crippen molar-refractivity contribution in [1.82, 2.24) is 20.2 Å². The van der Waals surface area contributed by atoms with Gasteiger partial charge in [0, 0.05) is 5.39 Å². The minimum atomic E-state index is 0.366. The molecule has 6 nitrogen and oxygen atoms in total. The van der Waals surface area contributed by atoms with Crippen molar-refractivity contribution in [2.24, 2.45) is 5.10 Å². The summed E-state index contributed by atoms with van der Waals surface area (Å²) in [5, 5.41) is 13.9. The summed E-state index contributed by atoms with van der Waals surface area (Å²) in [4.78, 5) is 7.83. The van der Waals surface area contributed by atoms with Gasteiger partial charge in [0.1, 0.15) is 5.52 Å². The van der Waals surface area contributed by atoms with Crippen molar-refractivity contribution in [1.29, 1.82) is 0 Å². The number of H-pyrrole nitrogens is 1. The molecule has 0 unspecified atom stereocenters. The molecule has 27 heavy (non-hydrogen) atoms. The van der Waals surface area contributed by atoms with Crippen LogP contribution in [-0.2, 0) is 0 Å². The number of hydrogen-bond acceptors (Lipinski definition) is 5. The van der Waals surface area contributed by atoms with Crippen molar-refractivity contribution in [2.75, 3.05) is 5.43 Å². The third-order valence-corrected chi connectivity index (χ3v) is 4.78. The van der Waals surface area contributed by atoms with Crippen LogP contribution in [0.5, 0.6) is 0 Å². The maximum absolute atomic E-state index is 4.51. The zero-order valence-corrected chi connectivity index (χ0v) is 15.9. The first-order valence-corrected chi connectivity index (χ1v) is 9.05. The van der Waals surface area contributed by atoms with E-state index < -0.39 is 0 Å². The van der Waals surface area contributed by atoms with Gasteiger partial charge in [-0.3, -0.25) is 0 Å². The third-order valence-electron chi connectivity index (χ3n) is 4.78. The van der Waals surface area contributed by atoms with Gasteiger partial charge in [-0.15, -0.1) is 10.2 Å². The van der Waals surface area contributed by atoms with E-state index in [9.17, 15) is 0 Å². The molecule has 4 rings (SSSR count). The van der Waals surface area contributed by atoms with Gasteiger partial charge in [0.05, 0.1) is 11.2 Å². The molecular weight excluding hydrogens is 336 g/mol. The third kappa shape index (κ3) is 3.26. The molecule has 0 amide bonds. The van der Waals surface area contributed by atoms with Crippen molar-refractivity contribution in [2.45, 2.75) is 33.6 Å². The Morgan fingerprint density at radius 1 is 1.07 bits per heavy atom. The molecule has 2 heterocycles. The fourth-order valence-electron chi connectivity index (χ4n) is 3.10. The molecule has 0 fully saturated rings. The number of nitrogens with zero attached hydrogens (tertiary/aromatic N) is 4. The lowest BCUT2D eigenvalue weighted by Crippen LogP contribution is -2.03. The van der Waals surface area contributed by atoms with E-state index in [1.165, 1.54) is 5.56 Å². The van der Waals surface area contributed by atoms with Crippen molar-refractivity contribution in [3.8, 4) is 0 Å². The first-order valence-electron chi connectivity index (χ1n) is 9.05. The van der Waals surface area contributed by atoms with Crippen LogP contribution in [0.1, 0.15) is 43.4 Å². The van der Waals surface area contributed by atoms with E-state index in [0.717, 1.165) is 33.3 Å². The highest BCUT2D eigenvalue weighted by atomic mass is 15.4. The molecular formula is C21H22N6. The Bertz CT molecular complexity index is 1140. The normalized spacial score (nSPS) is 12.3. The first kappa shape index (κ1) is 17.1. The smallest absolute Gasteiger partial charge is 0.265 e. The Hall–Kier alpha value is -3.28. The van der Waals surface area contributed by atoms with Crippen molar-refractivity contribution in [3.63, 3.8) is 0 Å². The van der Waals surface area contributed by atoms with Gasteiger partial charge < -0.3 is 4.98 Å². The summed E-state index contributed by atoms with van der Waals surface area (Å²) in [5.74, 6) is 0.880. The second kappa shape index (κ2) is 6.79. The monoisotopic (exact) mass is 358 g/mol. The topological polar surface area (TPSA) is 78.8 Å². The molecule has 0 spiro atoms. The summed E-state index contributed by atoms with van der Waals surface area (Å²) in [6.45, 7) is 8.38. The maximum atomic E-state index is 4.51. The Morgan fingerprint density at radius 2 is 1.85 bits per heavy atom. The molecule has 0 aliphatic rings. The second-order valence-corrected chi connectivity index (χ2v) is 7.04. The largest absolute Gasteiger partial charge is 0.337 e. The summed E-state index contributed by atoms with van der Waals surface area (Å²) >= 11 is 0. The minimum absolute atomic E-state index is 0.366. The standard InChI is InChI=1S/C21H22N6/c1-12(2)15-8-10-16(11-9-15)14(4)24-26-21-23-20-19(25-27-21)17-7-5-6-13(3)18(17)22-20/h5-12H,1-4H3,(H2,22,23,26,27). The fourth-order valence-corrected chi connectivity index (χ4v) is 3.10. The number of para-hydroxylation sites is 1. The van der Waals surface area contributed by atoms with E-state index in [1.807, 2.05) is 19.1 Å². The van der Waals surface area contributed by atoms with Crippen LogP contribution in [0.2, 0.25) is 0 Å². The van der Waals surface area contributed by atoms with Gasteiger partial charge >= 0.3 is 0 Å². The van der Waals surface area contributed by atoms with E-state index in [2.05, 4.69) is 81.8 Å². The predicted molar refractivity (Wildman–Crippen MR) is 110 cm³/mol. The van der Waals surface area contributed by atoms with Crippen LogP contribution in [0.4, 0.5) is 5.95 Å². The van der Waals surface area contributed by atoms with Crippen LogP contribution in [0, 0.1) is 6.92 Å². The molecule has 0 radical (unpaired) electrons. The van der Waals surface area contributed by atoms with E-state index >= 15 is 0 Å². The van der Waals surface area contributed by atoms with Crippen molar-refractivity contribution >= 4 is 33.7 Å². The lowest BCUT2D eigenvalue weighted by molar-refractivity contribution is 0.866. The Morgan fingerprint density at radius 3 is 2.59 bits per heavy atom. The Labute approximate surface area is 157 Å². The summed E-state index contributed by atoms with van der Waals surface area (Å²) in [5.41, 5.74) is 9.81. The Balaban J connectivity index is 1.60. The number of benzene rings is 2. The molecule has 136 valence electrons. The van der Waals surface area contributed by atoms with Gasteiger partial charge in [-0.05, 0) is 36.5 Å². The van der Waals surface area contributed by atoms with E-state index in [-0.39, 0.29) is 0 Å². The number of hydrogen-bond donors (Lipinski definition) is 2. The maximum Gasteiger partial charge on any atom is 0.265 e. The van der Waals surface area contributed by atoms with E-state index in [1.54, 1.807) is 0 Å². The van der Waals surface area contributed by atoms with Crippen LogP contribution in [0.3, 0.4) is 0 Å². The Kier molecular flexibility index (Phi) is 4.32. The molecule has 0 saturated heterocycles. The molecule has 2 N–H and O–H groups in total. The van der Waals surface area contributed by atoms with E-state index in [4.69, 9.17) is 0 Å². The highest BCUT2D eigenvalue weighted by molar-refractivity contribution is 6.04. The number of aromatic amines is 1. The van der Waals surface area contributed by atoms with Crippen LogP contribution >= 0.6 is 0 Å². The van der Waals surface area contributed by atoms with Gasteiger partial charge in [-0.25, -0.2) is 5.43 Å². The number of hydrazone groups is 1. The average Bonchev–Trinajstić information content (AvgIpc) is 3.05. The summed E-state index contributed by atoms with van der Waals surface area (Å²) in [7, 11) is 0. The molecule has 0 bridgehead atoms. The van der Waals surface area contributed by atoms with Crippen molar-refractivity contribution < 1.29 is 0 Å². The molecule has 2 aromatic heterocycles. The van der Waals surface area contributed by atoms with Crippen LogP contribution in [-0.4, -0.2) is 25.9 Å². The molecule has 2 aromatic carbocycles. The summed E-state index contributed by atoms with van der Waals surface area (Å²) < 4.78 is 0. The quantitative estimate of drug-likeness (QED) is 0.407. The molecule has 4 aromatic rings. The predicted octanol–water partition coefficient (Wildman–Crippen LogP) is 4.77. The zero-order chi connectivity index (χ0) is 19.0. The summed E-state index contributed by atoms with van der Waals surface area (Å²) in [6, 6.07) is 14.5. The minimum Gasteiger partial charge on any atom is -0.337 e. The SMILES string of the molecule is CC(=NNc1nnc2c(n1)[nH]c1c(C)cccc12)c1ccc(C(C)C)cc1. The number of nitrogens with one attached hydrogen (secondary N) is 2. The first-order chi connectivity index (χ1) is 13.0. The van der Waals surface area contributed by atoms with Crippen LogP contribution < -0.4 is 5.43 Å². The highest BCUT2D eigenvalue weighted by Gasteiger charge is 2.10. The number of aryl methyl sites for hydroxylation is 1. The molecule has 0 aliphatic carbocycles. The fraction of sp³-hybridized carbons (Fsp3) is 0.238. The lowest BCUT2D eigenvalue weighted by Gasteiger charge is -2.07. The zero-order valence-electron chi connectivity index (χ0n) is 15.9. The number of rotatable bonds is 4. The summed E-state index contributed by atoms with van der Waals surface area (Å²) in [6.07, 6.45) is 0. The second-order valence-electron chi connectivity index (χ2n) is 7.04. The van der Waals surface area contributed by atoms with E-state index in [0.29, 0.717) is 17.5 Å². The molecule has 0 saturated carbocycles. The molecule has 6 heteroatoms. The van der Waals surface area contributed by atoms with Gasteiger partial charge in [0.25, 0.3) is 5.95 Å². The molecule has 0 aliphatic heterocycles. The van der Waals surface area contributed by atoms with Gasteiger partial charge in [-0.2, -0.15) is 10.1 Å². The van der Waals surface area contributed by atoms with Crippen LogP contribution in [0.15, 0.2) is 47.6 Å². The van der Waals surface area contributed by atoms with Crippen molar-refractivity contribution in [3.05, 3.63) is 59.2 Å². The number of aromatic nitrogens is 4. The highest BCUT2D eigenvalue weighted by Crippen LogP contribution is 2.24. The van der Waals surface area contributed by atoms with Crippen LogP contribution in [0.25, 0.3) is 22.1 Å². The number of anilines is 1. The van der Waals surface area contributed by atoms with Gasteiger partial charge in [0.15, 0.2) is 5.65 Å². The lowest BCUT2D eigenvalue weighted by atomic mass is 10.0.